The lowest BCUT2D eigenvalue weighted by Crippen LogP contribution is -2.37. The first-order valence-corrected chi connectivity index (χ1v) is 9.98. The molecule has 28 heavy (non-hydrogen) atoms. The summed E-state index contributed by atoms with van der Waals surface area (Å²) >= 11 is 5.27. The molecule has 1 saturated heterocycles. The van der Waals surface area contributed by atoms with Crippen molar-refractivity contribution < 1.29 is 9.21 Å². The predicted molar refractivity (Wildman–Crippen MR) is 117 cm³/mol. The molecule has 5 nitrogen and oxygen atoms in total. The first-order valence-electron chi connectivity index (χ1n) is 9.58. The van der Waals surface area contributed by atoms with Gasteiger partial charge in [-0.2, -0.15) is 0 Å². The highest BCUT2D eigenvalue weighted by Gasteiger charge is 2.18. The lowest BCUT2D eigenvalue weighted by atomic mass is 10.0. The van der Waals surface area contributed by atoms with Crippen LogP contribution in [-0.2, 0) is 0 Å². The first kappa shape index (κ1) is 18.5. The number of anilines is 2. The minimum atomic E-state index is -0.368. The van der Waals surface area contributed by atoms with E-state index in [1.165, 1.54) is 24.9 Å². The van der Waals surface area contributed by atoms with Gasteiger partial charge in [0, 0.05) is 29.3 Å². The van der Waals surface area contributed by atoms with Crippen LogP contribution in [0.3, 0.4) is 0 Å². The van der Waals surface area contributed by atoms with Gasteiger partial charge in [0.2, 0.25) is 0 Å². The van der Waals surface area contributed by atoms with Crippen LogP contribution < -0.4 is 15.5 Å². The van der Waals surface area contributed by atoms with E-state index in [1.54, 1.807) is 6.07 Å². The highest BCUT2D eigenvalue weighted by atomic mass is 32.1. The van der Waals surface area contributed by atoms with Crippen molar-refractivity contribution in [1.29, 1.82) is 0 Å². The largest absolute Gasteiger partial charge is 0.451 e. The number of hydrogen-bond donors (Lipinski definition) is 2. The number of thiocarbonyl (C=S) groups is 1. The van der Waals surface area contributed by atoms with E-state index in [-0.39, 0.29) is 16.8 Å². The van der Waals surface area contributed by atoms with Crippen molar-refractivity contribution in [2.75, 3.05) is 16.8 Å². The normalized spacial score (nSPS) is 16.8. The zero-order chi connectivity index (χ0) is 19.5. The second kappa shape index (κ2) is 8.02. The Morgan fingerprint density at radius 3 is 2.68 bits per heavy atom. The molecule has 2 heterocycles. The van der Waals surface area contributed by atoms with Crippen LogP contribution in [0.5, 0.6) is 0 Å². The summed E-state index contributed by atoms with van der Waals surface area (Å²) in [6.07, 6.45) is 3.77. The van der Waals surface area contributed by atoms with E-state index in [0.29, 0.717) is 11.6 Å². The van der Waals surface area contributed by atoms with Crippen molar-refractivity contribution in [2.45, 2.75) is 32.2 Å². The fourth-order valence-electron chi connectivity index (χ4n) is 3.64. The van der Waals surface area contributed by atoms with Gasteiger partial charge in [-0.3, -0.25) is 10.1 Å². The summed E-state index contributed by atoms with van der Waals surface area (Å²) < 4.78 is 5.57. The zero-order valence-electron chi connectivity index (χ0n) is 15.8. The molecule has 1 aliphatic heterocycles. The van der Waals surface area contributed by atoms with E-state index in [4.69, 9.17) is 16.6 Å². The van der Waals surface area contributed by atoms with Crippen LogP contribution in [0.15, 0.2) is 59.0 Å². The minimum Gasteiger partial charge on any atom is -0.451 e. The van der Waals surface area contributed by atoms with Crippen LogP contribution in [0.25, 0.3) is 11.0 Å². The standard InChI is InChI=1S/C22H23N3O2S/c1-15-6-4-5-13-25(15)18-11-9-17(10-12-18)23-22(28)24-21(26)20-14-16-7-2-3-8-19(16)27-20/h2-3,7-12,14-15H,4-6,13H2,1H3,(H2,23,24,26,28)/t15-/m1/s1. The molecule has 1 aromatic heterocycles. The lowest BCUT2D eigenvalue weighted by molar-refractivity contribution is 0.0953. The number of nitrogens with zero attached hydrogens (tertiary/aromatic N) is 1. The molecular weight excluding hydrogens is 370 g/mol. The molecule has 2 N–H and O–H groups in total. The molecule has 4 rings (SSSR count). The Bertz CT molecular complexity index is 963. The summed E-state index contributed by atoms with van der Waals surface area (Å²) in [5.74, 6) is -0.132. The Morgan fingerprint density at radius 2 is 1.93 bits per heavy atom. The van der Waals surface area contributed by atoms with Crippen molar-refractivity contribution in [2.24, 2.45) is 0 Å². The smallest absolute Gasteiger partial charge is 0.293 e. The van der Waals surface area contributed by atoms with E-state index in [1.807, 2.05) is 36.4 Å². The molecule has 0 radical (unpaired) electrons. The van der Waals surface area contributed by atoms with E-state index >= 15 is 0 Å². The Hall–Kier alpha value is -2.86. The molecule has 2 aromatic carbocycles. The molecule has 1 amide bonds. The number of benzene rings is 2. The van der Waals surface area contributed by atoms with Gasteiger partial charge < -0.3 is 14.6 Å². The maximum absolute atomic E-state index is 12.4. The molecule has 0 saturated carbocycles. The van der Waals surface area contributed by atoms with Gasteiger partial charge in [-0.15, -0.1) is 0 Å². The number of amides is 1. The van der Waals surface area contributed by atoms with E-state index in [9.17, 15) is 4.79 Å². The average molecular weight is 394 g/mol. The van der Waals surface area contributed by atoms with Gasteiger partial charge in [0.15, 0.2) is 10.9 Å². The van der Waals surface area contributed by atoms with Gasteiger partial charge in [-0.1, -0.05) is 18.2 Å². The lowest BCUT2D eigenvalue weighted by Gasteiger charge is -2.35. The van der Waals surface area contributed by atoms with Gasteiger partial charge in [0.05, 0.1) is 0 Å². The first-order chi connectivity index (χ1) is 13.6. The number of furan rings is 1. The van der Waals surface area contributed by atoms with Crippen molar-refractivity contribution in [3.63, 3.8) is 0 Å². The van der Waals surface area contributed by atoms with Crippen LogP contribution in [-0.4, -0.2) is 23.6 Å². The molecule has 1 atom stereocenters. The highest BCUT2D eigenvalue weighted by molar-refractivity contribution is 7.80. The monoisotopic (exact) mass is 393 g/mol. The van der Waals surface area contributed by atoms with Gasteiger partial charge in [0.25, 0.3) is 5.91 Å². The topological polar surface area (TPSA) is 57.5 Å². The van der Waals surface area contributed by atoms with Crippen LogP contribution >= 0.6 is 12.2 Å². The molecule has 6 heteroatoms. The summed E-state index contributed by atoms with van der Waals surface area (Å²) in [5.41, 5.74) is 2.73. The summed E-state index contributed by atoms with van der Waals surface area (Å²) in [7, 11) is 0. The van der Waals surface area contributed by atoms with E-state index < -0.39 is 0 Å². The minimum absolute atomic E-state index is 0.236. The zero-order valence-corrected chi connectivity index (χ0v) is 16.6. The van der Waals surface area contributed by atoms with Gasteiger partial charge >= 0.3 is 0 Å². The molecule has 0 unspecified atom stereocenters. The highest BCUT2D eigenvalue weighted by Crippen LogP contribution is 2.25. The average Bonchev–Trinajstić information content (AvgIpc) is 3.13. The Labute approximate surface area is 169 Å². The third-order valence-corrected chi connectivity index (χ3v) is 5.34. The molecule has 1 aliphatic rings. The Kier molecular flexibility index (Phi) is 5.30. The maximum atomic E-state index is 12.4. The second-order valence-corrected chi connectivity index (χ2v) is 7.55. The number of fused-ring (bicyclic) bond motifs is 1. The van der Waals surface area contributed by atoms with E-state index in [0.717, 1.165) is 17.6 Å². The fraction of sp³-hybridized carbons (Fsp3) is 0.273. The molecule has 0 aliphatic carbocycles. The van der Waals surface area contributed by atoms with Gasteiger partial charge in [0.1, 0.15) is 5.58 Å². The number of carbonyl (C=O) groups is 1. The third kappa shape index (κ3) is 4.02. The Morgan fingerprint density at radius 1 is 1.14 bits per heavy atom. The molecule has 144 valence electrons. The van der Waals surface area contributed by atoms with Crippen LogP contribution in [0, 0.1) is 0 Å². The van der Waals surface area contributed by atoms with E-state index in [2.05, 4.69) is 34.6 Å². The molecule has 1 fully saturated rings. The van der Waals surface area contributed by atoms with Crippen LogP contribution in [0.2, 0.25) is 0 Å². The summed E-state index contributed by atoms with van der Waals surface area (Å²) in [6.45, 7) is 3.37. The predicted octanol–water partition coefficient (Wildman–Crippen LogP) is 4.94. The summed E-state index contributed by atoms with van der Waals surface area (Å²) in [4.78, 5) is 14.8. The molecule has 0 bridgehead atoms. The second-order valence-electron chi connectivity index (χ2n) is 7.14. The Balaban J connectivity index is 1.37. The van der Waals surface area contributed by atoms with Crippen molar-refractivity contribution in [3.8, 4) is 0 Å². The maximum Gasteiger partial charge on any atom is 0.293 e. The van der Waals surface area contributed by atoms with Crippen LogP contribution in [0.4, 0.5) is 11.4 Å². The number of nitrogens with one attached hydrogen (secondary N) is 2. The number of carbonyl (C=O) groups excluding carboxylic acids is 1. The van der Waals surface area contributed by atoms with Crippen molar-refractivity contribution in [1.82, 2.24) is 5.32 Å². The van der Waals surface area contributed by atoms with Gasteiger partial charge in [-0.25, -0.2) is 0 Å². The number of rotatable bonds is 3. The number of hydrogen-bond acceptors (Lipinski definition) is 4. The van der Waals surface area contributed by atoms with Crippen molar-refractivity contribution >= 4 is 45.6 Å². The summed E-state index contributed by atoms with van der Waals surface area (Å²) in [6, 6.07) is 17.9. The molecular formula is C22H23N3O2S. The van der Waals surface area contributed by atoms with Gasteiger partial charge in [-0.05, 0) is 74.8 Å². The molecule has 3 aromatic rings. The number of piperidine rings is 1. The van der Waals surface area contributed by atoms with Crippen LogP contribution in [0.1, 0.15) is 36.7 Å². The SMILES string of the molecule is C[C@@H]1CCCCN1c1ccc(NC(=S)NC(=O)c2cc3ccccc3o2)cc1. The third-order valence-electron chi connectivity index (χ3n) is 5.14. The fourth-order valence-corrected chi connectivity index (χ4v) is 3.85. The molecule has 0 spiro atoms. The van der Waals surface area contributed by atoms with Crippen molar-refractivity contribution in [3.05, 3.63) is 60.4 Å². The quantitative estimate of drug-likeness (QED) is 0.618. The summed E-state index contributed by atoms with van der Waals surface area (Å²) in [5, 5.41) is 6.85. The number of para-hydroxylation sites is 1.